The fourth-order valence-electron chi connectivity index (χ4n) is 5.88. The third kappa shape index (κ3) is 6.69. The molecule has 3 N–H and O–H groups in total. The van der Waals surface area contributed by atoms with E-state index in [1.54, 1.807) is 11.6 Å². The topological polar surface area (TPSA) is 113 Å². The molecular weight excluding hydrogens is 595 g/mol. The van der Waals surface area contributed by atoms with E-state index in [1.165, 1.54) is 41.5 Å². The normalized spacial score (nSPS) is 15.7. The molecule has 2 amide bonds. The number of hydrogen-bond donors (Lipinski definition) is 2. The standard InChI is InChI=1S/C33H35FN6O4S/c1-43-21-44-29-9-6-25(34)19-28(29)30(31(41)37-33-36-11-17-45-33)40-20-24-3-2-23(18-27(24)32(40)42)22-4-7-26(8-5-22)39-15-13-38(12-10-35)14-16-39/h2-9,11,17-19,30H,10,12-16,20-21,35H2,1H3,(H,36,37,41). The van der Waals surface area contributed by atoms with E-state index in [2.05, 4.69) is 44.4 Å². The summed E-state index contributed by atoms with van der Waals surface area (Å²) in [6, 6.07) is 16.8. The van der Waals surface area contributed by atoms with Gasteiger partial charge in [0.05, 0.1) is 0 Å². The smallest absolute Gasteiger partial charge is 0.255 e. The van der Waals surface area contributed by atoms with Gasteiger partial charge < -0.3 is 25.0 Å². The summed E-state index contributed by atoms with van der Waals surface area (Å²) in [5.41, 5.74) is 10.2. The Bertz CT molecular complexity index is 1640. The summed E-state index contributed by atoms with van der Waals surface area (Å²) in [5, 5.41) is 4.88. The van der Waals surface area contributed by atoms with E-state index in [4.69, 9.17) is 15.2 Å². The van der Waals surface area contributed by atoms with Crippen LogP contribution in [-0.4, -0.2) is 79.8 Å². The van der Waals surface area contributed by atoms with E-state index < -0.39 is 17.8 Å². The minimum absolute atomic E-state index is 0.111. The Kier molecular flexibility index (Phi) is 9.36. The highest BCUT2D eigenvalue weighted by atomic mass is 32.1. The van der Waals surface area contributed by atoms with Crippen LogP contribution in [0.15, 0.2) is 72.2 Å². The van der Waals surface area contributed by atoms with Crippen LogP contribution >= 0.6 is 11.3 Å². The molecule has 0 bridgehead atoms. The van der Waals surface area contributed by atoms with Gasteiger partial charge >= 0.3 is 0 Å². The number of carbonyl (C=O) groups excluding carboxylic acids is 2. The number of halogens is 1. The Morgan fingerprint density at radius 1 is 1.07 bits per heavy atom. The van der Waals surface area contributed by atoms with Crippen LogP contribution < -0.4 is 20.7 Å². The van der Waals surface area contributed by atoms with Crippen LogP contribution in [0.1, 0.15) is 27.5 Å². The highest BCUT2D eigenvalue weighted by Gasteiger charge is 2.39. The van der Waals surface area contributed by atoms with Crippen LogP contribution in [0.2, 0.25) is 0 Å². The molecule has 10 nitrogen and oxygen atoms in total. The van der Waals surface area contributed by atoms with Gasteiger partial charge in [0.15, 0.2) is 11.9 Å². The molecule has 3 heterocycles. The summed E-state index contributed by atoms with van der Waals surface area (Å²) in [5.74, 6) is -1.18. The van der Waals surface area contributed by atoms with Gasteiger partial charge in [0.25, 0.3) is 11.8 Å². The Morgan fingerprint density at radius 3 is 2.56 bits per heavy atom. The lowest BCUT2D eigenvalue weighted by Gasteiger charge is -2.36. The number of aromatic nitrogens is 1. The van der Waals surface area contributed by atoms with E-state index in [1.807, 2.05) is 18.2 Å². The number of methoxy groups -OCH3 is 1. The van der Waals surface area contributed by atoms with Gasteiger partial charge in [-0.25, -0.2) is 9.37 Å². The van der Waals surface area contributed by atoms with Gasteiger partial charge in [0, 0.05) is 81.3 Å². The molecule has 4 aromatic rings. The number of nitrogens with zero attached hydrogens (tertiary/aromatic N) is 4. The quantitative estimate of drug-likeness (QED) is 0.235. The zero-order valence-electron chi connectivity index (χ0n) is 24.9. The molecule has 6 rings (SSSR count). The minimum Gasteiger partial charge on any atom is -0.467 e. The maximum atomic E-state index is 14.6. The van der Waals surface area contributed by atoms with Crippen LogP contribution in [0, 0.1) is 5.82 Å². The molecule has 45 heavy (non-hydrogen) atoms. The number of ether oxygens (including phenoxy) is 2. The number of nitrogens with two attached hydrogens (primary N) is 1. The number of piperazine rings is 1. The number of fused-ring (bicyclic) bond motifs is 1. The first-order chi connectivity index (χ1) is 21.9. The lowest BCUT2D eigenvalue weighted by Crippen LogP contribution is -2.47. The fraction of sp³-hybridized carbons (Fsp3) is 0.303. The van der Waals surface area contributed by atoms with Crippen LogP contribution in [0.25, 0.3) is 11.1 Å². The zero-order valence-corrected chi connectivity index (χ0v) is 25.8. The monoisotopic (exact) mass is 630 g/mol. The molecule has 1 fully saturated rings. The first-order valence-corrected chi connectivity index (χ1v) is 15.7. The van der Waals surface area contributed by atoms with Crippen LogP contribution in [-0.2, 0) is 16.1 Å². The third-order valence-corrected chi connectivity index (χ3v) is 8.83. The molecule has 12 heteroatoms. The van der Waals surface area contributed by atoms with Crippen molar-refractivity contribution in [2.24, 2.45) is 5.73 Å². The van der Waals surface area contributed by atoms with Crippen molar-refractivity contribution in [2.45, 2.75) is 12.6 Å². The highest BCUT2D eigenvalue weighted by molar-refractivity contribution is 7.13. The molecule has 0 saturated carbocycles. The van der Waals surface area contributed by atoms with Crippen LogP contribution in [0.4, 0.5) is 15.2 Å². The van der Waals surface area contributed by atoms with Crippen molar-refractivity contribution in [3.63, 3.8) is 0 Å². The summed E-state index contributed by atoms with van der Waals surface area (Å²) in [6.45, 7) is 5.52. The second-order valence-corrected chi connectivity index (χ2v) is 11.8. The predicted molar refractivity (Wildman–Crippen MR) is 172 cm³/mol. The molecule has 1 atom stereocenters. The molecule has 0 radical (unpaired) electrons. The lowest BCUT2D eigenvalue weighted by atomic mass is 10.00. The minimum atomic E-state index is -1.19. The first-order valence-electron chi connectivity index (χ1n) is 14.8. The van der Waals surface area contributed by atoms with Crippen molar-refractivity contribution in [2.75, 3.05) is 63.4 Å². The number of thiazole rings is 1. The maximum Gasteiger partial charge on any atom is 0.255 e. The van der Waals surface area contributed by atoms with Gasteiger partial charge in [-0.15, -0.1) is 11.3 Å². The summed E-state index contributed by atoms with van der Waals surface area (Å²) in [7, 11) is 1.46. The average molecular weight is 631 g/mol. The Hall–Kier alpha value is -4.36. The van der Waals surface area contributed by atoms with Gasteiger partial charge in [0.1, 0.15) is 17.6 Å². The average Bonchev–Trinajstić information content (AvgIpc) is 3.69. The molecule has 0 spiro atoms. The van der Waals surface area contributed by atoms with Gasteiger partial charge in [-0.3, -0.25) is 19.8 Å². The lowest BCUT2D eigenvalue weighted by molar-refractivity contribution is -0.121. The molecule has 1 saturated heterocycles. The van der Waals surface area contributed by atoms with Crippen molar-refractivity contribution in [1.82, 2.24) is 14.8 Å². The largest absolute Gasteiger partial charge is 0.467 e. The number of amides is 2. The zero-order chi connectivity index (χ0) is 31.3. The molecule has 2 aliphatic rings. The van der Waals surface area contributed by atoms with Crippen molar-refractivity contribution in [1.29, 1.82) is 0 Å². The van der Waals surface area contributed by atoms with Crippen molar-refractivity contribution in [3.05, 3.63) is 94.7 Å². The van der Waals surface area contributed by atoms with Gasteiger partial charge in [-0.2, -0.15) is 0 Å². The van der Waals surface area contributed by atoms with Crippen LogP contribution in [0.3, 0.4) is 0 Å². The van der Waals surface area contributed by atoms with E-state index in [9.17, 15) is 14.0 Å². The van der Waals surface area contributed by atoms with Crippen molar-refractivity contribution in [3.8, 4) is 16.9 Å². The maximum absolute atomic E-state index is 14.6. The molecular formula is C33H35FN6O4S. The number of anilines is 2. The van der Waals surface area contributed by atoms with Gasteiger partial charge in [0.2, 0.25) is 0 Å². The SMILES string of the molecule is COCOc1ccc(F)cc1C(C(=O)Nc1nccs1)N1Cc2ccc(-c3ccc(N4CCN(CCN)CC4)cc3)cc2C1=O. The molecule has 2 aliphatic heterocycles. The molecule has 1 unspecified atom stereocenters. The number of nitrogens with one attached hydrogen (secondary N) is 1. The number of rotatable bonds is 11. The fourth-order valence-corrected chi connectivity index (χ4v) is 6.42. The number of hydrogen-bond acceptors (Lipinski definition) is 9. The molecule has 1 aromatic heterocycles. The van der Waals surface area contributed by atoms with E-state index >= 15 is 0 Å². The Labute approximate surface area is 265 Å². The van der Waals surface area contributed by atoms with Crippen molar-refractivity contribution >= 4 is 34.0 Å². The van der Waals surface area contributed by atoms with E-state index in [0.717, 1.165) is 55.1 Å². The summed E-state index contributed by atoms with van der Waals surface area (Å²) < 4.78 is 25.4. The predicted octanol–water partition coefficient (Wildman–Crippen LogP) is 4.35. The molecule has 234 valence electrons. The molecule has 0 aliphatic carbocycles. The number of benzene rings is 3. The van der Waals surface area contributed by atoms with E-state index in [0.29, 0.717) is 17.2 Å². The summed E-state index contributed by atoms with van der Waals surface area (Å²) in [6.07, 6.45) is 1.57. The molecule has 3 aromatic carbocycles. The Balaban J connectivity index is 1.26. The third-order valence-electron chi connectivity index (χ3n) is 8.15. The highest BCUT2D eigenvalue weighted by Crippen LogP contribution is 2.38. The summed E-state index contributed by atoms with van der Waals surface area (Å²) in [4.78, 5) is 38.1. The van der Waals surface area contributed by atoms with Crippen LogP contribution in [0.5, 0.6) is 5.75 Å². The summed E-state index contributed by atoms with van der Waals surface area (Å²) >= 11 is 1.25. The Morgan fingerprint density at radius 2 is 1.84 bits per heavy atom. The number of carbonyl (C=O) groups is 2. The van der Waals surface area contributed by atoms with Crippen molar-refractivity contribution < 1.29 is 23.5 Å². The first kappa shape index (κ1) is 30.7. The van der Waals surface area contributed by atoms with Gasteiger partial charge in [-0.05, 0) is 53.1 Å². The second-order valence-electron chi connectivity index (χ2n) is 10.9. The van der Waals surface area contributed by atoms with Gasteiger partial charge in [-0.1, -0.05) is 24.3 Å². The second kappa shape index (κ2) is 13.7. The van der Waals surface area contributed by atoms with E-state index in [-0.39, 0.29) is 30.6 Å².